The summed E-state index contributed by atoms with van der Waals surface area (Å²) < 4.78 is 0. The summed E-state index contributed by atoms with van der Waals surface area (Å²) in [4.78, 5) is 2.47. The Labute approximate surface area is 330 Å². The number of hydrogen-bond donors (Lipinski definition) is 0. The molecule has 0 radical (unpaired) electrons. The van der Waals surface area contributed by atoms with E-state index in [2.05, 4.69) is 217 Å². The first-order chi connectivity index (χ1) is 28.3. The molecule has 12 aromatic rings. The third-order valence-corrected chi connectivity index (χ3v) is 12.1. The van der Waals surface area contributed by atoms with Gasteiger partial charge in [0.05, 0.1) is 5.69 Å². The van der Waals surface area contributed by atoms with E-state index >= 15 is 0 Å². The molecule has 0 aliphatic rings. The molecule has 0 atom stereocenters. The molecule has 0 aliphatic carbocycles. The minimum absolute atomic E-state index is 1.11. The summed E-state index contributed by atoms with van der Waals surface area (Å²) in [6, 6.07) is 78.5. The number of hydrogen-bond acceptors (Lipinski definition) is 1. The Kier molecular flexibility index (Phi) is 7.00. The minimum atomic E-state index is 1.11. The summed E-state index contributed by atoms with van der Waals surface area (Å²) in [6.45, 7) is 0. The maximum absolute atomic E-state index is 2.47. The van der Waals surface area contributed by atoms with E-state index in [4.69, 9.17) is 0 Å². The van der Waals surface area contributed by atoms with Gasteiger partial charge in [0.1, 0.15) is 0 Å². The van der Waals surface area contributed by atoms with Crippen molar-refractivity contribution in [2.45, 2.75) is 0 Å². The number of rotatable bonds is 5. The summed E-state index contributed by atoms with van der Waals surface area (Å²) in [5.74, 6) is 0. The lowest BCUT2D eigenvalue weighted by Gasteiger charge is -2.28. The molecule has 264 valence electrons. The summed E-state index contributed by atoms with van der Waals surface area (Å²) in [5, 5.41) is 17.8. The fraction of sp³-hybridized carbons (Fsp3) is 0. The summed E-state index contributed by atoms with van der Waals surface area (Å²) >= 11 is 0. The second-order valence-electron chi connectivity index (χ2n) is 15.3. The zero-order valence-electron chi connectivity index (χ0n) is 31.2. The Bertz CT molecular complexity index is 3490. The van der Waals surface area contributed by atoms with Gasteiger partial charge < -0.3 is 4.90 Å². The highest BCUT2D eigenvalue weighted by Crippen LogP contribution is 2.48. The molecule has 12 aromatic carbocycles. The fourth-order valence-electron chi connectivity index (χ4n) is 9.50. The van der Waals surface area contributed by atoms with Crippen LogP contribution < -0.4 is 4.90 Å². The number of fused-ring (bicyclic) bond motifs is 3. The number of benzene rings is 11. The fourth-order valence-corrected chi connectivity index (χ4v) is 9.50. The molecular weight excluding hydrogens is 687 g/mol. The van der Waals surface area contributed by atoms with Gasteiger partial charge in [0, 0.05) is 22.1 Å². The minimum Gasteiger partial charge on any atom is -0.310 e. The highest BCUT2D eigenvalue weighted by Gasteiger charge is 2.21. The van der Waals surface area contributed by atoms with Crippen molar-refractivity contribution in [2.75, 3.05) is 4.90 Å². The van der Waals surface area contributed by atoms with E-state index in [9.17, 15) is 0 Å². The van der Waals surface area contributed by atoms with E-state index in [1.807, 2.05) is 0 Å². The lowest BCUT2D eigenvalue weighted by atomic mass is 9.87. The van der Waals surface area contributed by atoms with Crippen molar-refractivity contribution in [3.05, 3.63) is 212 Å². The molecule has 0 aliphatic heterocycles. The van der Waals surface area contributed by atoms with Crippen LogP contribution in [0, 0.1) is 0 Å². The van der Waals surface area contributed by atoms with Gasteiger partial charge in [-0.15, -0.1) is 0 Å². The average molecular weight is 722 g/mol. The molecule has 0 bridgehead atoms. The molecule has 0 aromatic heterocycles. The Morgan fingerprint density at radius 2 is 0.649 bits per heavy atom. The van der Waals surface area contributed by atoms with E-state index in [1.165, 1.54) is 97.7 Å². The molecule has 12 rings (SSSR count). The van der Waals surface area contributed by atoms with E-state index in [1.54, 1.807) is 0 Å². The van der Waals surface area contributed by atoms with Crippen molar-refractivity contribution in [3.63, 3.8) is 0 Å². The second kappa shape index (κ2) is 12.5. The maximum atomic E-state index is 2.47. The third-order valence-electron chi connectivity index (χ3n) is 12.1. The van der Waals surface area contributed by atoms with Crippen molar-refractivity contribution >= 4 is 92.5 Å². The van der Waals surface area contributed by atoms with Gasteiger partial charge in [-0.1, -0.05) is 182 Å². The van der Waals surface area contributed by atoms with Crippen LogP contribution in [0.15, 0.2) is 212 Å². The van der Waals surface area contributed by atoms with Crippen molar-refractivity contribution in [1.29, 1.82) is 0 Å². The van der Waals surface area contributed by atoms with Crippen molar-refractivity contribution in [3.8, 4) is 22.3 Å². The van der Waals surface area contributed by atoms with Gasteiger partial charge in [-0.05, 0) is 117 Å². The first-order valence-electron chi connectivity index (χ1n) is 19.8. The lowest BCUT2D eigenvalue weighted by molar-refractivity contribution is 1.31. The van der Waals surface area contributed by atoms with Crippen LogP contribution in [0.4, 0.5) is 17.1 Å². The van der Waals surface area contributed by atoms with Crippen LogP contribution in [0.1, 0.15) is 0 Å². The van der Waals surface area contributed by atoms with Crippen LogP contribution >= 0.6 is 0 Å². The molecule has 0 N–H and O–H groups in total. The molecule has 57 heavy (non-hydrogen) atoms. The van der Waals surface area contributed by atoms with Gasteiger partial charge in [0.25, 0.3) is 0 Å². The molecule has 0 saturated heterocycles. The smallest absolute Gasteiger partial charge is 0.0546 e. The van der Waals surface area contributed by atoms with Gasteiger partial charge in [-0.3, -0.25) is 0 Å². The van der Waals surface area contributed by atoms with Gasteiger partial charge >= 0.3 is 0 Å². The predicted molar refractivity (Wildman–Crippen MR) is 246 cm³/mol. The maximum Gasteiger partial charge on any atom is 0.0546 e. The van der Waals surface area contributed by atoms with Crippen molar-refractivity contribution in [1.82, 2.24) is 0 Å². The molecule has 1 heteroatoms. The van der Waals surface area contributed by atoms with Crippen LogP contribution in [0.3, 0.4) is 0 Å². The van der Waals surface area contributed by atoms with Crippen molar-refractivity contribution < 1.29 is 0 Å². The molecule has 0 unspecified atom stereocenters. The highest BCUT2D eigenvalue weighted by molar-refractivity contribution is 6.38. The quantitative estimate of drug-likeness (QED) is 0.160. The van der Waals surface area contributed by atoms with E-state index in [0.717, 1.165) is 17.1 Å². The molecule has 0 saturated carbocycles. The summed E-state index contributed by atoms with van der Waals surface area (Å²) in [6.07, 6.45) is 0. The monoisotopic (exact) mass is 721 g/mol. The van der Waals surface area contributed by atoms with Crippen LogP contribution in [-0.2, 0) is 0 Å². The first-order valence-corrected chi connectivity index (χ1v) is 19.8. The molecule has 0 spiro atoms. The predicted octanol–water partition coefficient (Wildman–Crippen LogP) is 16.0. The van der Waals surface area contributed by atoms with Crippen LogP contribution in [0.25, 0.3) is 97.7 Å². The molecular formula is C56H35N. The highest BCUT2D eigenvalue weighted by atomic mass is 15.1. The lowest BCUT2D eigenvalue weighted by Crippen LogP contribution is -2.11. The number of anilines is 3. The second-order valence-corrected chi connectivity index (χ2v) is 15.3. The van der Waals surface area contributed by atoms with Gasteiger partial charge in [-0.2, -0.15) is 0 Å². The van der Waals surface area contributed by atoms with E-state index in [-0.39, 0.29) is 0 Å². The van der Waals surface area contributed by atoms with Crippen LogP contribution in [0.5, 0.6) is 0 Å². The number of nitrogens with zero attached hydrogens (tertiary/aromatic N) is 1. The average Bonchev–Trinajstić information content (AvgIpc) is 3.28. The Morgan fingerprint density at radius 3 is 1.28 bits per heavy atom. The molecule has 1 nitrogen and oxygen atoms in total. The SMILES string of the molecule is c1ccc(-c2ccc(-c3ccc(N(c4ccc5ccccc5c4)c4cc5cccc6c7cccc8ccc9cccc(c%10cccc4c%10c56)c9c87)cc3)cc2)cc1. The van der Waals surface area contributed by atoms with Gasteiger partial charge in [-0.25, -0.2) is 0 Å². The topological polar surface area (TPSA) is 3.24 Å². The Morgan fingerprint density at radius 1 is 0.228 bits per heavy atom. The molecule has 0 heterocycles. The van der Waals surface area contributed by atoms with E-state index < -0.39 is 0 Å². The Hall–Kier alpha value is -7.48. The Balaban J connectivity index is 1.13. The standard InChI is InChI=1S/C56H35N/c1-2-10-36(11-3-1)38-22-24-39(25-23-38)40-28-31-45(32-29-40)57(46-33-30-37-12-4-5-13-43(37)34-46)52-35-44-16-8-19-48-47-17-6-14-41-26-27-42-15-7-18-49(54(42)53(41)47)50-20-9-21-51(52)56(50)55(44)48/h1-35H. The van der Waals surface area contributed by atoms with Crippen molar-refractivity contribution in [2.24, 2.45) is 0 Å². The normalized spacial score (nSPS) is 11.9. The van der Waals surface area contributed by atoms with Crippen LogP contribution in [-0.4, -0.2) is 0 Å². The summed E-state index contributed by atoms with van der Waals surface area (Å²) in [7, 11) is 0. The van der Waals surface area contributed by atoms with Crippen LogP contribution in [0.2, 0.25) is 0 Å². The zero-order chi connectivity index (χ0) is 37.5. The zero-order valence-corrected chi connectivity index (χ0v) is 31.2. The molecule has 0 fully saturated rings. The van der Waals surface area contributed by atoms with Gasteiger partial charge in [0.2, 0.25) is 0 Å². The third kappa shape index (κ3) is 4.96. The first kappa shape index (κ1) is 31.8. The molecule has 0 amide bonds. The largest absolute Gasteiger partial charge is 0.310 e. The van der Waals surface area contributed by atoms with Gasteiger partial charge in [0.15, 0.2) is 0 Å². The van der Waals surface area contributed by atoms with E-state index in [0.29, 0.717) is 0 Å². The summed E-state index contributed by atoms with van der Waals surface area (Å²) in [5.41, 5.74) is 8.24.